The number of likely N-dealkylation sites (tertiary alicyclic amines) is 1. The lowest BCUT2D eigenvalue weighted by molar-refractivity contribution is 0.0722. The van der Waals surface area contributed by atoms with Crippen molar-refractivity contribution < 1.29 is 13.9 Å². The molecule has 1 aromatic rings. The van der Waals surface area contributed by atoms with E-state index < -0.39 is 0 Å². The van der Waals surface area contributed by atoms with E-state index in [0.717, 1.165) is 13.0 Å². The van der Waals surface area contributed by atoms with Gasteiger partial charge in [0, 0.05) is 20.2 Å². The number of halogens is 1. The quantitative estimate of drug-likeness (QED) is 0.827. The van der Waals surface area contributed by atoms with Crippen molar-refractivity contribution in [2.45, 2.75) is 12.5 Å². The van der Waals surface area contributed by atoms with Gasteiger partial charge in [-0.25, -0.2) is 0 Å². The SMILES string of the molecule is COC1CCN(C(=O)c2ccoc2Br)C1. The molecule has 2 heterocycles. The summed E-state index contributed by atoms with van der Waals surface area (Å²) in [5.41, 5.74) is 0.576. The van der Waals surface area contributed by atoms with Crippen molar-refractivity contribution in [3.63, 3.8) is 0 Å². The fourth-order valence-corrected chi connectivity index (χ4v) is 2.13. The van der Waals surface area contributed by atoms with Crippen molar-refractivity contribution in [1.82, 2.24) is 4.90 Å². The van der Waals surface area contributed by atoms with Crippen LogP contribution in [-0.2, 0) is 4.74 Å². The number of hydrogen-bond acceptors (Lipinski definition) is 3. The van der Waals surface area contributed by atoms with Gasteiger partial charge in [0.15, 0.2) is 4.67 Å². The second-order valence-corrected chi connectivity index (χ2v) is 4.23. The molecule has 1 unspecified atom stereocenters. The molecular formula is C10H12BrNO3. The largest absolute Gasteiger partial charge is 0.457 e. The van der Waals surface area contributed by atoms with Gasteiger partial charge < -0.3 is 14.1 Å². The minimum atomic E-state index is -0.00447. The Hall–Kier alpha value is -0.810. The first-order valence-corrected chi connectivity index (χ1v) is 5.56. The fourth-order valence-electron chi connectivity index (χ4n) is 1.72. The lowest BCUT2D eigenvalue weighted by atomic mass is 10.3. The van der Waals surface area contributed by atoms with Gasteiger partial charge >= 0.3 is 0 Å². The molecule has 0 spiro atoms. The molecule has 0 aromatic carbocycles. The first kappa shape index (κ1) is 10.7. The maximum Gasteiger partial charge on any atom is 0.258 e. The molecule has 1 aliphatic heterocycles. The highest BCUT2D eigenvalue weighted by atomic mass is 79.9. The van der Waals surface area contributed by atoms with Crippen LogP contribution in [0.4, 0.5) is 0 Å². The van der Waals surface area contributed by atoms with Gasteiger partial charge in [0.2, 0.25) is 0 Å². The molecule has 15 heavy (non-hydrogen) atoms. The number of ether oxygens (including phenoxy) is 1. The zero-order chi connectivity index (χ0) is 10.8. The Morgan fingerprint density at radius 3 is 3.07 bits per heavy atom. The van der Waals surface area contributed by atoms with Crippen LogP contribution in [0.15, 0.2) is 21.4 Å². The Labute approximate surface area is 96.3 Å². The molecule has 0 aliphatic carbocycles. The van der Waals surface area contributed by atoms with E-state index in [0.29, 0.717) is 16.8 Å². The van der Waals surface area contributed by atoms with E-state index >= 15 is 0 Å². The molecule has 5 heteroatoms. The normalized spacial score (nSPS) is 20.9. The second kappa shape index (κ2) is 4.37. The van der Waals surface area contributed by atoms with Crippen LogP contribution in [0.3, 0.4) is 0 Å². The number of rotatable bonds is 2. The van der Waals surface area contributed by atoms with E-state index in [-0.39, 0.29) is 12.0 Å². The number of nitrogens with zero attached hydrogens (tertiary/aromatic N) is 1. The Morgan fingerprint density at radius 1 is 1.73 bits per heavy atom. The maximum absolute atomic E-state index is 12.0. The third-order valence-corrected chi connectivity index (χ3v) is 3.23. The zero-order valence-corrected chi connectivity index (χ0v) is 9.99. The lowest BCUT2D eigenvalue weighted by Crippen LogP contribution is -2.29. The number of furan rings is 1. The molecule has 0 N–H and O–H groups in total. The average Bonchev–Trinajstić information content (AvgIpc) is 2.84. The van der Waals surface area contributed by atoms with Crippen molar-refractivity contribution in [2.75, 3.05) is 20.2 Å². The highest BCUT2D eigenvalue weighted by Crippen LogP contribution is 2.22. The molecule has 1 aliphatic rings. The molecular weight excluding hydrogens is 262 g/mol. The van der Waals surface area contributed by atoms with Crippen molar-refractivity contribution in [3.05, 3.63) is 22.6 Å². The number of carbonyl (C=O) groups excluding carboxylic acids is 1. The van der Waals surface area contributed by atoms with Crippen LogP contribution in [0.2, 0.25) is 0 Å². The van der Waals surface area contributed by atoms with Crippen molar-refractivity contribution >= 4 is 21.8 Å². The minimum Gasteiger partial charge on any atom is -0.457 e. The minimum absolute atomic E-state index is 0.00447. The standard InChI is InChI=1S/C10H12BrNO3/c1-14-7-2-4-12(6-7)10(13)8-3-5-15-9(8)11/h3,5,7H,2,4,6H2,1H3. The van der Waals surface area contributed by atoms with E-state index in [1.165, 1.54) is 6.26 Å². The van der Waals surface area contributed by atoms with Crippen molar-refractivity contribution in [1.29, 1.82) is 0 Å². The van der Waals surface area contributed by atoms with Gasteiger partial charge in [-0.1, -0.05) is 0 Å². The summed E-state index contributed by atoms with van der Waals surface area (Å²) in [5, 5.41) is 0. The molecule has 1 amide bonds. The number of carbonyl (C=O) groups is 1. The fraction of sp³-hybridized carbons (Fsp3) is 0.500. The molecule has 1 atom stereocenters. The topological polar surface area (TPSA) is 42.7 Å². The van der Waals surface area contributed by atoms with Gasteiger partial charge in [0.05, 0.1) is 17.9 Å². The van der Waals surface area contributed by atoms with Crippen LogP contribution in [0.25, 0.3) is 0 Å². The van der Waals surface area contributed by atoms with Gasteiger partial charge in [0.1, 0.15) is 0 Å². The van der Waals surface area contributed by atoms with Gasteiger partial charge in [-0.3, -0.25) is 4.79 Å². The van der Waals surface area contributed by atoms with Gasteiger partial charge in [0.25, 0.3) is 5.91 Å². The van der Waals surface area contributed by atoms with E-state index in [9.17, 15) is 4.79 Å². The molecule has 4 nitrogen and oxygen atoms in total. The van der Waals surface area contributed by atoms with E-state index in [2.05, 4.69) is 15.9 Å². The van der Waals surface area contributed by atoms with Crippen molar-refractivity contribution in [3.8, 4) is 0 Å². The van der Waals surface area contributed by atoms with E-state index in [1.54, 1.807) is 18.1 Å². The monoisotopic (exact) mass is 273 g/mol. The number of hydrogen-bond donors (Lipinski definition) is 0. The zero-order valence-electron chi connectivity index (χ0n) is 8.40. The van der Waals surface area contributed by atoms with Crippen molar-refractivity contribution in [2.24, 2.45) is 0 Å². The number of methoxy groups -OCH3 is 1. The molecule has 1 aromatic heterocycles. The second-order valence-electron chi connectivity index (χ2n) is 3.51. The third kappa shape index (κ3) is 2.08. The van der Waals surface area contributed by atoms with Gasteiger partial charge in [-0.2, -0.15) is 0 Å². The lowest BCUT2D eigenvalue weighted by Gasteiger charge is -2.15. The summed E-state index contributed by atoms with van der Waals surface area (Å²) in [6, 6.07) is 1.67. The molecule has 2 rings (SSSR count). The van der Waals surface area contributed by atoms with Crippen LogP contribution in [0.5, 0.6) is 0 Å². The first-order valence-electron chi connectivity index (χ1n) is 4.77. The molecule has 0 bridgehead atoms. The summed E-state index contributed by atoms with van der Waals surface area (Å²) in [4.78, 5) is 13.8. The van der Waals surface area contributed by atoms with Crippen LogP contribution < -0.4 is 0 Å². The molecule has 0 saturated carbocycles. The maximum atomic E-state index is 12.0. The summed E-state index contributed by atoms with van der Waals surface area (Å²) in [7, 11) is 1.67. The molecule has 0 radical (unpaired) electrons. The van der Waals surface area contributed by atoms with E-state index in [1.807, 2.05) is 0 Å². The number of amides is 1. The molecule has 82 valence electrons. The third-order valence-electron chi connectivity index (χ3n) is 2.61. The molecule has 1 fully saturated rings. The van der Waals surface area contributed by atoms with Gasteiger partial charge in [-0.05, 0) is 28.4 Å². The highest BCUT2D eigenvalue weighted by molar-refractivity contribution is 9.10. The van der Waals surface area contributed by atoms with Crippen LogP contribution in [0.1, 0.15) is 16.8 Å². The Bertz CT molecular complexity index is 363. The summed E-state index contributed by atoms with van der Waals surface area (Å²) in [6.07, 6.45) is 2.57. The van der Waals surface area contributed by atoms with Crippen LogP contribution >= 0.6 is 15.9 Å². The predicted molar refractivity (Wildman–Crippen MR) is 57.7 cm³/mol. The molecule has 1 saturated heterocycles. The van der Waals surface area contributed by atoms with E-state index in [4.69, 9.17) is 9.15 Å². The Kier molecular flexibility index (Phi) is 3.11. The summed E-state index contributed by atoms with van der Waals surface area (Å²) < 4.78 is 10.7. The summed E-state index contributed by atoms with van der Waals surface area (Å²) in [5.74, 6) is -0.00447. The Morgan fingerprint density at radius 2 is 2.53 bits per heavy atom. The summed E-state index contributed by atoms with van der Waals surface area (Å²) in [6.45, 7) is 1.40. The van der Waals surface area contributed by atoms with Crippen LogP contribution in [0, 0.1) is 0 Å². The highest BCUT2D eigenvalue weighted by Gasteiger charge is 2.28. The Balaban J connectivity index is 2.07. The first-order chi connectivity index (χ1) is 7.22. The smallest absolute Gasteiger partial charge is 0.258 e. The van der Waals surface area contributed by atoms with Gasteiger partial charge in [-0.15, -0.1) is 0 Å². The average molecular weight is 274 g/mol. The van der Waals surface area contributed by atoms with Crippen LogP contribution in [-0.4, -0.2) is 37.1 Å². The summed E-state index contributed by atoms with van der Waals surface area (Å²) >= 11 is 3.20. The predicted octanol–water partition coefficient (Wildman–Crippen LogP) is 1.90.